The van der Waals surface area contributed by atoms with Crippen LogP contribution in [0.5, 0.6) is 0 Å². The molecule has 4 aromatic rings. The van der Waals surface area contributed by atoms with Crippen molar-refractivity contribution in [3.05, 3.63) is 83.4 Å². The van der Waals surface area contributed by atoms with E-state index in [-0.39, 0.29) is 46.3 Å². The van der Waals surface area contributed by atoms with Crippen LogP contribution >= 0.6 is 0 Å². The fourth-order valence-electron chi connectivity index (χ4n) is 4.35. The summed E-state index contributed by atoms with van der Waals surface area (Å²) in [6.07, 6.45) is 1.19. The second-order valence-electron chi connectivity index (χ2n) is 10.5. The van der Waals surface area contributed by atoms with Gasteiger partial charge in [-0.25, -0.2) is 46.2 Å². The molecule has 2 aromatic heterocycles. The van der Waals surface area contributed by atoms with Gasteiger partial charge in [0.1, 0.15) is 0 Å². The highest BCUT2D eigenvalue weighted by Crippen LogP contribution is 2.19. The van der Waals surface area contributed by atoms with Crippen LogP contribution in [0.25, 0.3) is 0 Å². The minimum absolute atomic E-state index is 0.0147. The third-order valence-electron chi connectivity index (χ3n) is 6.37. The van der Waals surface area contributed by atoms with Crippen LogP contribution < -0.4 is 20.1 Å². The second-order valence-corrected chi connectivity index (χ2v) is 13.9. The Kier molecular flexibility index (Phi) is 10.6. The molecule has 2 heterocycles. The number of anilines is 4. The highest BCUT2D eigenvalue weighted by molar-refractivity contribution is 7.93. The van der Waals surface area contributed by atoms with E-state index in [4.69, 9.17) is 0 Å². The molecule has 4 N–H and O–H groups in total. The Morgan fingerprint density at radius 1 is 0.543 bits per heavy atom. The average Bonchev–Trinajstić information content (AvgIpc) is 2.94. The Morgan fingerprint density at radius 3 is 1.15 bits per heavy atom. The SMILES string of the molecule is Cc1cc(C)nc(NS(=O)(=O)c2ccc(NC(=O)CCCCC(=O)Nc3ccc(S(=O)(=O)Nc4nc(C)cc(C)n4)cc3)cc2)n1. The van der Waals surface area contributed by atoms with E-state index in [1.807, 2.05) is 0 Å². The van der Waals surface area contributed by atoms with Crippen LogP contribution in [0.2, 0.25) is 0 Å². The monoisotopic (exact) mass is 666 g/mol. The van der Waals surface area contributed by atoms with Gasteiger partial charge in [0.25, 0.3) is 20.0 Å². The summed E-state index contributed by atoms with van der Waals surface area (Å²) in [7, 11) is -7.85. The normalized spacial score (nSPS) is 11.5. The zero-order chi connectivity index (χ0) is 33.5. The Morgan fingerprint density at radius 2 is 0.848 bits per heavy atom. The largest absolute Gasteiger partial charge is 0.326 e. The standard InChI is InChI=1S/C30H34N8O6S2/c1-19-17-20(2)32-29(31-19)37-45(41,42)25-13-9-23(10-14-25)35-27(39)7-5-6-8-28(40)36-24-11-15-26(16-12-24)46(43,44)38-30-33-21(3)18-22(4)34-30/h9-18H,5-8H2,1-4H3,(H,35,39)(H,36,40)(H,31,32,37)(H,33,34,38). The van der Waals surface area contributed by atoms with E-state index in [1.165, 1.54) is 48.5 Å². The van der Waals surface area contributed by atoms with Crippen molar-refractivity contribution < 1.29 is 26.4 Å². The minimum atomic E-state index is -3.92. The molecule has 0 unspecified atom stereocenters. The lowest BCUT2D eigenvalue weighted by Crippen LogP contribution is -2.16. The van der Waals surface area contributed by atoms with Gasteiger partial charge in [-0.3, -0.25) is 9.59 Å². The third kappa shape index (κ3) is 9.77. The lowest BCUT2D eigenvalue weighted by molar-refractivity contribution is -0.118. The van der Waals surface area contributed by atoms with Crippen molar-refractivity contribution in [2.45, 2.75) is 63.2 Å². The van der Waals surface area contributed by atoms with Crippen LogP contribution in [0.15, 0.2) is 70.5 Å². The number of hydrogen-bond donors (Lipinski definition) is 4. The van der Waals surface area contributed by atoms with Gasteiger partial charge in [0.2, 0.25) is 23.7 Å². The van der Waals surface area contributed by atoms with Crippen LogP contribution in [0.3, 0.4) is 0 Å². The van der Waals surface area contributed by atoms with E-state index in [1.54, 1.807) is 39.8 Å². The van der Waals surface area contributed by atoms with Gasteiger partial charge < -0.3 is 10.6 Å². The number of aromatic nitrogens is 4. The van der Waals surface area contributed by atoms with Crippen molar-refractivity contribution in [3.8, 4) is 0 Å². The molecule has 0 bridgehead atoms. The maximum atomic E-state index is 12.7. The van der Waals surface area contributed by atoms with Crippen LogP contribution in [0, 0.1) is 27.7 Å². The number of aryl methyl sites for hydroxylation is 4. The van der Waals surface area contributed by atoms with Gasteiger partial charge in [-0.05, 0) is 101 Å². The Hall–Kier alpha value is -4.96. The zero-order valence-electron chi connectivity index (χ0n) is 25.7. The molecule has 0 aliphatic carbocycles. The first-order valence-electron chi connectivity index (χ1n) is 14.2. The quantitative estimate of drug-likeness (QED) is 0.150. The zero-order valence-corrected chi connectivity index (χ0v) is 27.3. The fourth-order valence-corrected chi connectivity index (χ4v) is 6.24. The first-order valence-corrected chi connectivity index (χ1v) is 17.2. The summed E-state index contributed by atoms with van der Waals surface area (Å²) in [5, 5.41) is 5.42. The Labute approximate surface area is 267 Å². The molecule has 0 fully saturated rings. The smallest absolute Gasteiger partial charge is 0.264 e. The predicted molar refractivity (Wildman–Crippen MR) is 173 cm³/mol. The topological polar surface area (TPSA) is 202 Å². The maximum Gasteiger partial charge on any atom is 0.264 e. The molecule has 0 aliphatic rings. The average molecular weight is 667 g/mol. The van der Waals surface area contributed by atoms with Crippen LogP contribution in [0.1, 0.15) is 48.5 Å². The minimum Gasteiger partial charge on any atom is -0.326 e. The van der Waals surface area contributed by atoms with Crippen molar-refractivity contribution in [3.63, 3.8) is 0 Å². The number of sulfonamides is 2. The van der Waals surface area contributed by atoms with Gasteiger partial charge in [0.05, 0.1) is 9.79 Å². The van der Waals surface area contributed by atoms with Crippen molar-refractivity contribution >= 4 is 55.1 Å². The molecule has 16 heteroatoms. The third-order valence-corrected chi connectivity index (χ3v) is 9.06. The number of hydrogen-bond acceptors (Lipinski definition) is 10. The molecule has 0 radical (unpaired) electrons. The molecule has 2 amide bonds. The summed E-state index contributed by atoms with van der Waals surface area (Å²) in [5.41, 5.74) is 3.36. The molecule has 0 saturated heterocycles. The molecule has 14 nitrogen and oxygen atoms in total. The number of nitrogens with one attached hydrogen (secondary N) is 4. The first kappa shape index (κ1) is 33.9. The van der Waals surface area contributed by atoms with E-state index in [2.05, 4.69) is 40.0 Å². The van der Waals surface area contributed by atoms with Gasteiger partial charge in [-0.15, -0.1) is 0 Å². The summed E-state index contributed by atoms with van der Waals surface area (Å²) < 4.78 is 55.5. The molecule has 2 aromatic carbocycles. The van der Waals surface area contributed by atoms with Crippen LogP contribution in [-0.2, 0) is 29.6 Å². The van der Waals surface area contributed by atoms with Gasteiger partial charge >= 0.3 is 0 Å². The second kappa shape index (κ2) is 14.4. The van der Waals surface area contributed by atoms with E-state index in [0.717, 1.165) is 0 Å². The fraction of sp³-hybridized carbons (Fsp3) is 0.267. The van der Waals surface area contributed by atoms with E-state index >= 15 is 0 Å². The summed E-state index contributed by atoms with van der Waals surface area (Å²) in [4.78, 5) is 41.1. The first-order chi connectivity index (χ1) is 21.7. The summed E-state index contributed by atoms with van der Waals surface area (Å²) in [6.45, 7) is 6.95. The van der Waals surface area contributed by atoms with Crippen molar-refractivity contribution in [2.24, 2.45) is 0 Å². The molecule has 0 aliphatic heterocycles. The summed E-state index contributed by atoms with van der Waals surface area (Å²) in [6, 6.07) is 14.8. The predicted octanol–water partition coefficient (Wildman–Crippen LogP) is 4.24. The summed E-state index contributed by atoms with van der Waals surface area (Å²) in [5.74, 6) is -0.612. The van der Waals surface area contributed by atoms with Gasteiger partial charge in [0.15, 0.2) is 0 Å². The van der Waals surface area contributed by atoms with E-state index in [9.17, 15) is 26.4 Å². The summed E-state index contributed by atoms with van der Waals surface area (Å²) >= 11 is 0. The van der Waals surface area contributed by atoms with Crippen molar-refractivity contribution in [2.75, 3.05) is 20.1 Å². The van der Waals surface area contributed by atoms with Crippen molar-refractivity contribution in [1.29, 1.82) is 0 Å². The number of carbonyl (C=O) groups is 2. The lowest BCUT2D eigenvalue weighted by atomic mass is 10.1. The molecule has 0 saturated carbocycles. The van der Waals surface area contributed by atoms with Crippen molar-refractivity contribution in [1.82, 2.24) is 19.9 Å². The molecule has 0 spiro atoms. The highest BCUT2D eigenvalue weighted by Gasteiger charge is 2.18. The number of carbonyl (C=O) groups excluding carboxylic acids is 2. The maximum absolute atomic E-state index is 12.7. The van der Waals surface area contributed by atoms with Gasteiger partial charge in [-0.2, -0.15) is 0 Å². The lowest BCUT2D eigenvalue weighted by Gasteiger charge is -2.10. The molecular formula is C30H34N8O6S2. The highest BCUT2D eigenvalue weighted by atomic mass is 32.2. The molecule has 0 atom stereocenters. The number of unbranched alkanes of at least 4 members (excludes halogenated alkanes) is 1. The number of benzene rings is 2. The Balaban J connectivity index is 1.19. The molecule has 242 valence electrons. The van der Waals surface area contributed by atoms with E-state index in [0.29, 0.717) is 47.0 Å². The Bertz CT molecular complexity index is 1770. The van der Waals surface area contributed by atoms with Gasteiger partial charge in [-0.1, -0.05) is 0 Å². The number of nitrogens with zero attached hydrogens (tertiary/aromatic N) is 4. The van der Waals surface area contributed by atoms with Crippen LogP contribution in [-0.4, -0.2) is 48.6 Å². The number of rotatable bonds is 13. The molecular weight excluding hydrogens is 633 g/mol. The van der Waals surface area contributed by atoms with E-state index < -0.39 is 20.0 Å². The number of amides is 2. The van der Waals surface area contributed by atoms with Gasteiger partial charge in [0, 0.05) is 47.0 Å². The van der Waals surface area contributed by atoms with Crippen LogP contribution in [0.4, 0.5) is 23.3 Å². The molecule has 46 heavy (non-hydrogen) atoms. The molecule has 4 rings (SSSR count).